The largest absolute Gasteiger partial charge is 0.377 e. The second kappa shape index (κ2) is 5.20. The molecule has 3 aromatic rings. The molecule has 0 saturated heterocycles. The van der Waals surface area contributed by atoms with E-state index in [9.17, 15) is 4.39 Å². The Balaban J connectivity index is 1.69. The van der Waals surface area contributed by atoms with Crippen molar-refractivity contribution in [3.8, 4) is 0 Å². The van der Waals surface area contributed by atoms with Crippen LogP contribution in [0.1, 0.15) is 29.5 Å². The monoisotopic (exact) mass is 315 g/mol. The lowest BCUT2D eigenvalue weighted by atomic mass is 9.76. The van der Waals surface area contributed by atoms with E-state index in [1.54, 1.807) is 12.1 Å². The van der Waals surface area contributed by atoms with E-state index < -0.39 is 0 Å². The number of anilines is 1. The summed E-state index contributed by atoms with van der Waals surface area (Å²) < 4.78 is 13.3. The summed E-state index contributed by atoms with van der Waals surface area (Å²) in [5.74, 6) is 0.742. The third kappa shape index (κ3) is 1.99. The molecule has 5 rings (SSSR count). The third-order valence-corrected chi connectivity index (χ3v) is 5.49. The van der Waals surface area contributed by atoms with E-state index in [0.29, 0.717) is 11.8 Å². The molecule has 2 aliphatic rings. The first-order valence-electron chi connectivity index (χ1n) is 8.51. The molecule has 0 bridgehead atoms. The summed E-state index contributed by atoms with van der Waals surface area (Å²) >= 11 is 0. The highest BCUT2D eigenvalue weighted by Gasteiger charge is 2.38. The Labute approximate surface area is 140 Å². The predicted octanol–water partition coefficient (Wildman–Crippen LogP) is 5.81. The number of hydrogen-bond donors (Lipinski definition) is 1. The number of allylic oxidation sites excluding steroid dienone is 2. The number of halogens is 1. The molecular formula is C22H18FN. The van der Waals surface area contributed by atoms with Gasteiger partial charge >= 0.3 is 0 Å². The topological polar surface area (TPSA) is 12.0 Å². The van der Waals surface area contributed by atoms with Crippen LogP contribution in [0.3, 0.4) is 0 Å². The molecule has 2 heteroatoms. The van der Waals surface area contributed by atoms with Crippen LogP contribution in [0.25, 0.3) is 10.8 Å². The summed E-state index contributed by atoms with van der Waals surface area (Å²) in [7, 11) is 0. The van der Waals surface area contributed by atoms with Gasteiger partial charge in [-0.05, 0) is 41.0 Å². The highest BCUT2D eigenvalue weighted by molar-refractivity contribution is 5.96. The molecule has 24 heavy (non-hydrogen) atoms. The number of hydrogen-bond acceptors (Lipinski definition) is 1. The molecule has 118 valence electrons. The standard InChI is InChI=1S/C22H18FN/c23-16-11-8-15(9-12-16)21-19-7-3-6-18(19)20-13-10-14-4-1-2-5-17(14)22(20)24-21/h1-6,8-13,18-19,21,24H,7H2. The maximum absolute atomic E-state index is 13.3. The van der Waals surface area contributed by atoms with Gasteiger partial charge in [0.1, 0.15) is 5.82 Å². The van der Waals surface area contributed by atoms with Crippen molar-refractivity contribution in [1.82, 2.24) is 0 Å². The first kappa shape index (κ1) is 13.8. The van der Waals surface area contributed by atoms with Crippen molar-refractivity contribution < 1.29 is 4.39 Å². The lowest BCUT2D eigenvalue weighted by molar-refractivity contribution is 0.426. The van der Waals surface area contributed by atoms with Gasteiger partial charge in [0.05, 0.1) is 6.04 Å². The van der Waals surface area contributed by atoms with Crippen LogP contribution in [0.2, 0.25) is 0 Å². The van der Waals surface area contributed by atoms with Gasteiger partial charge in [-0.3, -0.25) is 0 Å². The van der Waals surface area contributed by atoms with Crippen LogP contribution in [-0.4, -0.2) is 0 Å². The Kier molecular flexibility index (Phi) is 2.99. The van der Waals surface area contributed by atoms with Crippen molar-refractivity contribution in [1.29, 1.82) is 0 Å². The minimum absolute atomic E-state index is 0.179. The molecule has 1 aliphatic carbocycles. The fourth-order valence-corrected chi connectivity index (χ4v) is 4.34. The van der Waals surface area contributed by atoms with Crippen molar-refractivity contribution in [2.45, 2.75) is 18.4 Å². The zero-order valence-corrected chi connectivity index (χ0v) is 13.2. The van der Waals surface area contributed by atoms with Crippen LogP contribution >= 0.6 is 0 Å². The van der Waals surface area contributed by atoms with E-state index in [1.807, 2.05) is 12.1 Å². The maximum atomic E-state index is 13.3. The zero-order valence-electron chi connectivity index (χ0n) is 13.2. The van der Waals surface area contributed by atoms with E-state index in [2.05, 4.69) is 53.9 Å². The summed E-state index contributed by atoms with van der Waals surface area (Å²) in [5, 5.41) is 6.30. The van der Waals surface area contributed by atoms with Crippen molar-refractivity contribution in [3.05, 3.63) is 89.8 Å². The van der Waals surface area contributed by atoms with Crippen molar-refractivity contribution in [2.75, 3.05) is 5.32 Å². The van der Waals surface area contributed by atoms with Gasteiger partial charge in [-0.1, -0.05) is 60.7 Å². The second-order valence-electron chi connectivity index (χ2n) is 6.78. The first-order chi connectivity index (χ1) is 11.8. The van der Waals surface area contributed by atoms with E-state index in [0.717, 1.165) is 12.0 Å². The van der Waals surface area contributed by atoms with Gasteiger partial charge in [0.25, 0.3) is 0 Å². The zero-order chi connectivity index (χ0) is 16.1. The molecule has 0 amide bonds. The van der Waals surface area contributed by atoms with Crippen LogP contribution in [0.4, 0.5) is 10.1 Å². The van der Waals surface area contributed by atoms with Crippen molar-refractivity contribution in [2.24, 2.45) is 5.92 Å². The Morgan fingerprint density at radius 1 is 0.917 bits per heavy atom. The number of rotatable bonds is 1. The van der Waals surface area contributed by atoms with E-state index in [1.165, 1.54) is 22.0 Å². The Bertz CT molecular complexity index is 942. The molecule has 1 heterocycles. The fourth-order valence-electron chi connectivity index (χ4n) is 4.34. The molecule has 0 spiro atoms. The normalized spacial score (nSPS) is 24.5. The SMILES string of the molecule is Fc1ccc(C2Nc3c(ccc4ccccc34)C3C=CCC32)cc1. The van der Waals surface area contributed by atoms with Crippen LogP contribution < -0.4 is 5.32 Å². The highest BCUT2D eigenvalue weighted by atomic mass is 19.1. The lowest BCUT2D eigenvalue weighted by Gasteiger charge is -2.38. The summed E-state index contributed by atoms with van der Waals surface area (Å²) in [6.45, 7) is 0. The molecule has 3 aromatic carbocycles. The van der Waals surface area contributed by atoms with Gasteiger partial charge in [-0.25, -0.2) is 4.39 Å². The third-order valence-electron chi connectivity index (χ3n) is 5.49. The van der Waals surface area contributed by atoms with Gasteiger partial charge in [0.2, 0.25) is 0 Å². The summed E-state index contributed by atoms with van der Waals surface area (Å²) in [6, 6.07) is 20.2. The average Bonchev–Trinajstić information content (AvgIpc) is 3.11. The summed E-state index contributed by atoms with van der Waals surface area (Å²) in [6.07, 6.45) is 5.69. The van der Waals surface area contributed by atoms with Gasteiger partial charge in [0.15, 0.2) is 0 Å². The number of nitrogens with one attached hydrogen (secondary N) is 1. The quantitative estimate of drug-likeness (QED) is 0.559. The van der Waals surface area contributed by atoms with E-state index in [4.69, 9.17) is 0 Å². The molecule has 0 saturated carbocycles. The molecule has 3 atom stereocenters. The van der Waals surface area contributed by atoms with Gasteiger partial charge in [-0.15, -0.1) is 0 Å². The number of benzene rings is 3. The summed E-state index contributed by atoms with van der Waals surface area (Å²) in [5.41, 5.74) is 3.77. The van der Waals surface area contributed by atoms with Gasteiger partial charge in [0, 0.05) is 17.0 Å². The van der Waals surface area contributed by atoms with E-state index in [-0.39, 0.29) is 11.9 Å². The Morgan fingerprint density at radius 3 is 2.62 bits per heavy atom. The van der Waals surface area contributed by atoms with E-state index >= 15 is 0 Å². The van der Waals surface area contributed by atoms with Crippen molar-refractivity contribution >= 4 is 16.5 Å². The van der Waals surface area contributed by atoms with Gasteiger partial charge in [-0.2, -0.15) is 0 Å². The molecule has 1 nitrogen and oxygen atoms in total. The maximum Gasteiger partial charge on any atom is 0.123 e. The molecule has 0 fully saturated rings. The minimum Gasteiger partial charge on any atom is -0.377 e. The molecule has 3 unspecified atom stereocenters. The lowest BCUT2D eigenvalue weighted by Crippen LogP contribution is -2.29. The fraction of sp³-hybridized carbons (Fsp3) is 0.182. The molecular weight excluding hydrogens is 297 g/mol. The first-order valence-corrected chi connectivity index (χ1v) is 8.51. The predicted molar refractivity (Wildman–Crippen MR) is 96.7 cm³/mol. The van der Waals surface area contributed by atoms with Gasteiger partial charge < -0.3 is 5.32 Å². The van der Waals surface area contributed by atoms with Crippen LogP contribution in [0, 0.1) is 11.7 Å². The molecule has 0 aromatic heterocycles. The summed E-state index contributed by atoms with van der Waals surface area (Å²) in [4.78, 5) is 0. The molecule has 1 N–H and O–H groups in total. The van der Waals surface area contributed by atoms with Crippen LogP contribution in [0.15, 0.2) is 72.8 Å². The van der Waals surface area contributed by atoms with Crippen molar-refractivity contribution in [3.63, 3.8) is 0 Å². The number of fused-ring (bicyclic) bond motifs is 5. The minimum atomic E-state index is -0.179. The Hall–Kier alpha value is -2.61. The molecule has 0 radical (unpaired) electrons. The smallest absolute Gasteiger partial charge is 0.123 e. The highest BCUT2D eigenvalue weighted by Crippen LogP contribution is 2.51. The second-order valence-corrected chi connectivity index (χ2v) is 6.78. The molecule has 1 aliphatic heterocycles. The van der Waals surface area contributed by atoms with Crippen LogP contribution in [-0.2, 0) is 0 Å². The average molecular weight is 315 g/mol. The van der Waals surface area contributed by atoms with Crippen LogP contribution in [0.5, 0.6) is 0 Å². The Morgan fingerprint density at radius 2 is 1.75 bits per heavy atom.